The van der Waals surface area contributed by atoms with Crippen LogP contribution in [0.2, 0.25) is 0 Å². The lowest BCUT2D eigenvalue weighted by Crippen LogP contribution is -2.41. The van der Waals surface area contributed by atoms with E-state index >= 15 is 0 Å². The van der Waals surface area contributed by atoms with Crippen molar-refractivity contribution in [3.05, 3.63) is 16.6 Å². The maximum absolute atomic E-state index is 5.93. The van der Waals surface area contributed by atoms with Gasteiger partial charge in [0.2, 0.25) is 0 Å². The van der Waals surface area contributed by atoms with Crippen LogP contribution in [-0.2, 0) is 4.74 Å². The molecule has 1 aliphatic heterocycles. The zero-order valence-electron chi connectivity index (χ0n) is 10.9. The van der Waals surface area contributed by atoms with Crippen molar-refractivity contribution in [1.82, 2.24) is 10.3 Å². The molecule has 2 heterocycles. The Balaban J connectivity index is 1.98. The number of thiazole rings is 1. The number of nitrogens with zero attached hydrogens (tertiary/aromatic N) is 1. The van der Waals surface area contributed by atoms with Crippen molar-refractivity contribution in [2.24, 2.45) is 5.92 Å². The molecule has 1 aromatic heterocycles. The van der Waals surface area contributed by atoms with Gasteiger partial charge in [0.15, 0.2) is 0 Å². The van der Waals surface area contributed by atoms with Gasteiger partial charge in [-0.05, 0) is 33.6 Å². The summed E-state index contributed by atoms with van der Waals surface area (Å²) in [6, 6.07) is 0. The number of ether oxygens (including phenoxy) is 1. The molecule has 4 heteroatoms. The van der Waals surface area contributed by atoms with Crippen LogP contribution >= 0.6 is 11.3 Å². The molecule has 0 radical (unpaired) electrons. The van der Waals surface area contributed by atoms with E-state index in [9.17, 15) is 0 Å². The highest BCUT2D eigenvalue weighted by molar-refractivity contribution is 7.09. The lowest BCUT2D eigenvalue weighted by Gasteiger charge is -2.33. The molecule has 0 saturated carbocycles. The molecule has 2 rings (SSSR count). The van der Waals surface area contributed by atoms with E-state index in [4.69, 9.17) is 4.74 Å². The summed E-state index contributed by atoms with van der Waals surface area (Å²) in [5.41, 5.74) is 2.07. The van der Waals surface area contributed by atoms with E-state index in [1.807, 2.05) is 11.7 Å². The first-order valence-corrected chi connectivity index (χ1v) is 7.19. The summed E-state index contributed by atoms with van der Waals surface area (Å²) in [5, 5.41) is 3.59. The van der Waals surface area contributed by atoms with Crippen molar-refractivity contribution in [2.75, 3.05) is 13.2 Å². The van der Waals surface area contributed by atoms with Crippen LogP contribution in [0.15, 0.2) is 11.7 Å². The Kier molecular flexibility index (Phi) is 4.17. The largest absolute Gasteiger partial charge is 0.372 e. The van der Waals surface area contributed by atoms with E-state index in [-0.39, 0.29) is 11.6 Å². The van der Waals surface area contributed by atoms with E-state index in [1.54, 1.807) is 11.3 Å². The summed E-state index contributed by atoms with van der Waals surface area (Å²) in [6.07, 6.45) is 4.61. The first-order chi connectivity index (χ1) is 8.06. The zero-order chi connectivity index (χ0) is 12.3. The fourth-order valence-electron chi connectivity index (χ4n) is 2.17. The molecule has 0 aliphatic carbocycles. The molecule has 0 amide bonds. The van der Waals surface area contributed by atoms with Gasteiger partial charge in [-0.3, -0.25) is 4.98 Å². The molecule has 2 atom stereocenters. The van der Waals surface area contributed by atoms with E-state index in [2.05, 4.69) is 31.1 Å². The van der Waals surface area contributed by atoms with Gasteiger partial charge in [0, 0.05) is 30.8 Å². The molecule has 1 saturated heterocycles. The zero-order valence-corrected chi connectivity index (χ0v) is 11.7. The molecule has 0 bridgehead atoms. The second kappa shape index (κ2) is 5.46. The van der Waals surface area contributed by atoms with Crippen LogP contribution < -0.4 is 5.32 Å². The molecule has 1 N–H and O–H groups in total. The van der Waals surface area contributed by atoms with Crippen LogP contribution in [-0.4, -0.2) is 23.7 Å². The maximum Gasteiger partial charge on any atom is 0.0972 e. The molecular weight excluding hydrogens is 232 g/mol. The second-order valence-corrected chi connectivity index (χ2v) is 6.65. The van der Waals surface area contributed by atoms with E-state index in [0.29, 0.717) is 5.92 Å². The first-order valence-electron chi connectivity index (χ1n) is 6.31. The van der Waals surface area contributed by atoms with Gasteiger partial charge in [0.05, 0.1) is 16.5 Å². The number of hydrogen-bond donors (Lipinski definition) is 1. The minimum absolute atomic E-state index is 0.176. The second-order valence-electron chi connectivity index (χ2n) is 5.73. The fourth-order valence-corrected chi connectivity index (χ4v) is 2.93. The predicted molar refractivity (Wildman–Crippen MR) is 71.3 cm³/mol. The minimum Gasteiger partial charge on any atom is -0.372 e. The van der Waals surface area contributed by atoms with E-state index < -0.39 is 0 Å². The third-order valence-electron chi connectivity index (χ3n) is 3.07. The molecule has 1 aromatic rings. The van der Waals surface area contributed by atoms with Crippen LogP contribution in [0.1, 0.15) is 44.6 Å². The highest BCUT2D eigenvalue weighted by atomic mass is 32.1. The van der Waals surface area contributed by atoms with Gasteiger partial charge in [-0.25, -0.2) is 0 Å². The molecule has 96 valence electrons. The smallest absolute Gasteiger partial charge is 0.0972 e. The van der Waals surface area contributed by atoms with Crippen molar-refractivity contribution >= 4 is 11.3 Å². The van der Waals surface area contributed by atoms with Crippen LogP contribution in [0.25, 0.3) is 0 Å². The van der Waals surface area contributed by atoms with Crippen LogP contribution in [0.5, 0.6) is 0 Å². The number of hydrogen-bond acceptors (Lipinski definition) is 4. The lowest BCUT2D eigenvalue weighted by molar-refractivity contribution is -0.0272. The standard InChI is InChI=1S/C13H22N2OS/c1-13(2,3)15-7-10-5-4-6-16-12(10)11-8-14-9-17-11/h8-10,12,15H,4-7H2,1-3H3. The van der Waals surface area contributed by atoms with Crippen LogP contribution in [0, 0.1) is 5.92 Å². The van der Waals surface area contributed by atoms with Crippen molar-refractivity contribution in [3.8, 4) is 0 Å². The third kappa shape index (κ3) is 3.76. The highest BCUT2D eigenvalue weighted by Crippen LogP contribution is 2.35. The summed E-state index contributed by atoms with van der Waals surface area (Å²) in [7, 11) is 0. The SMILES string of the molecule is CC(C)(C)NCC1CCCOC1c1cncs1. The van der Waals surface area contributed by atoms with Gasteiger partial charge in [0.1, 0.15) is 0 Å². The maximum atomic E-state index is 5.93. The quantitative estimate of drug-likeness (QED) is 0.900. The molecule has 1 fully saturated rings. The van der Waals surface area contributed by atoms with Crippen molar-refractivity contribution in [1.29, 1.82) is 0 Å². The molecule has 3 nitrogen and oxygen atoms in total. The topological polar surface area (TPSA) is 34.1 Å². The van der Waals surface area contributed by atoms with Crippen LogP contribution in [0.4, 0.5) is 0 Å². The Morgan fingerprint density at radius 2 is 2.35 bits per heavy atom. The van der Waals surface area contributed by atoms with Gasteiger partial charge in [-0.15, -0.1) is 11.3 Å². The summed E-state index contributed by atoms with van der Waals surface area (Å²) < 4.78 is 5.93. The fraction of sp³-hybridized carbons (Fsp3) is 0.769. The normalized spacial score (nSPS) is 26.1. The highest BCUT2D eigenvalue weighted by Gasteiger charge is 2.29. The number of rotatable bonds is 3. The third-order valence-corrected chi connectivity index (χ3v) is 3.91. The lowest BCUT2D eigenvalue weighted by atomic mass is 9.92. The summed E-state index contributed by atoms with van der Waals surface area (Å²) >= 11 is 1.70. The number of aromatic nitrogens is 1. The molecule has 1 aliphatic rings. The van der Waals surface area contributed by atoms with Gasteiger partial charge in [-0.1, -0.05) is 0 Å². The van der Waals surface area contributed by atoms with Crippen molar-refractivity contribution in [2.45, 2.75) is 45.3 Å². The summed E-state index contributed by atoms with van der Waals surface area (Å²) in [5.74, 6) is 0.573. The summed E-state index contributed by atoms with van der Waals surface area (Å²) in [6.45, 7) is 8.52. The number of nitrogens with one attached hydrogen (secondary N) is 1. The van der Waals surface area contributed by atoms with Gasteiger partial charge in [0.25, 0.3) is 0 Å². The van der Waals surface area contributed by atoms with Crippen LogP contribution in [0.3, 0.4) is 0 Å². The molecule has 0 aromatic carbocycles. The average Bonchev–Trinajstić information content (AvgIpc) is 2.79. The Labute approximate surface area is 108 Å². The Morgan fingerprint density at radius 1 is 1.53 bits per heavy atom. The van der Waals surface area contributed by atoms with Gasteiger partial charge >= 0.3 is 0 Å². The monoisotopic (exact) mass is 254 g/mol. The Hall–Kier alpha value is -0.450. The van der Waals surface area contributed by atoms with Gasteiger partial charge < -0.3 is 10.1 Å². The van der Waals surface area contributed by atoms with Gasteiger partial charge in [-0.2, -0.15) is 0 Å². The molecule has 0 spiro atoms. The molecule has 17 heavy (non-hydrogen) atoms. The summed E-state index contributed by atoms with van der Waals surface area (Å²) in [4.78, 5) is 5.43. The van der Waals surface area contributed by atoms with E-state index in [1.165, 1.54) is 17.7 Å². The Morgan fingerprint density at radius 3 is 3.00 bits per heavy atom. The molecular formula is C13H22N2OS. The first kappa shape index (κ1) is 13.0. The molecule has 2 unspecified atom stereocenters. The average molecular weight is 254 g/mol. The van der Waals surface area contributed by atoms with E-state index in [0.717, 1.165) is 13.2 Å². The Bertz CT molecular complexity index is 332. The van der Waals surface area contributed by atoms with Crippen molar-refractivity contribution in [3.63, 3.8) is 0 Å². The minimum atomic E-state index is 0.176. The predicted octanol–water partition coefficient (Wildman–Crippen LogP) is 3.00. The van der Waals surface area contributed by atoms with Crippen molar-refractivity contribution < 1.29 is 4.74 Å².